The van der Waals surface area contributed by atoms with Gasteiger partial charge in [-0.25, -0.2) is 9.37 Å². The fraction of sp³-hybridized carbons (Fsp3) is 0.522. The molecule has 5 rings (SSSR count). The molecule has 158 valence electrons. The average Bonchev–Trinajstić information content (AvgIpc) is 3.24. The molecular formula is C23H27FN4O2. The highest BCUT2D eigenvalue weighted by molar-refractivity contribution is 5.78. The van der Waals surface area contributed by atoms with Crippen molar-refractivity contribution < 1.29 is 14.0 Å². The second kappa shape index (κ2) is 7.85. The van der Waals surface area contributed by atoms with E-state index >= 15 is 0 Å². The lowest BCUT2D eigenvalue weighted by Crippen LogP contribution is -2.66. The van der Waals surface area contributed by atoms with Crippen molar-refractivity contribution >= 4 is 11.8 Å². The van der Waals surface area contributed by atoms with Crippen molar-refractivity contribution in [2.24, 2.45) is 11.8 Å². The smallest absolute Gasteiger partial charge is 0.242 e. The monoisotopic (exact) mass is 410 g/mol. The van der Waals surface area contributed by atoms with Crippen molar-refractivity contribution in [3.63, 3.8) is 0 Å². The Morgan fingerprint density at radius 1 is 1.23 bits per heavy atom. The number of fused-ring (bicyclic) bond motifs is 4. The van der Waals surface area contributed by atoms with Gasteiger partial charge in [0.15, 0.2) is 0 Å². The summed E-state index contributed by atoms with van der Waals surface area (Å²) in [7, 11) is 0. The summed E-state index contributed by atoms with van der Waals surface area (Å²) in [5.74, 6) is 0.618. The zero-order chi connectivity index (χ0) is 20.7. The van der Waals surface area contributed by atoms with E-state index in [4.69, 9.17) is 0 Å². The normalized spacial score (nSPS) is 28.4. The summed E-state index contributed by atoms with van der Waals surface area (Å²) >= 11 is 0. The summed E-state index contributed by atoms with van der Waals surface area (Å²) in [6.45, 7) is 1.66. The van der Waals surface area contributed by atoms with Gasteiger partial charge in [-0.05, 0) is 55.2 Å². The molecular weight excluding hydrogens is 383 g/mol. The van der Waals surface area contributed by atoms with E-state index in [1.165, 1.54) is 6.07 Å². The van der Waals surface area contributed by atoms with Crippen LogP contribution in [0.2, 0.25) is 0 Å². The lowest BCUT2D eigenvalue weighted by Gasteiger charge is -2.56. The van der Waals surface area contributed by atoms with Gasteiger partial charge in [0.1, 0.15) is 12.4 Å². The molecule has 4 atom stereocenters. The van der Waals surface area contributed by atoms with Gasteiger partial charge in [0.25, 0.3) is 0 Å². The number of carbonyl (C=O) groups excluding carboxylic acids is 2. The summed E-state index contributed by atoms with van der Waals surface area (Å²) < 4.78 is 15.6. The Morgan fingerprint density at radius 3 is 2.90 bits per heavy atom. The van der Waals surface area contributed by atoms with Crippen LogP contribution in [0.1, 0.15) is 31.2 Å². The van der Waals surface area contributed by atoms with Gasteiger partial charge in [-0.3, -0.25) is 9.59 Å². The maximum atomic E-state index is 13.8. The fourth-order valence-corrected chi connectivity index (χ4v) is 5.78. The molecule has 7 heteroatoms. The van der Waals surface area contributed by atoms with Gasteiger partial charge in [-0.2, -0.15) is 0 Å². The Bertz CT molecular complexity index is 931. The van der Waals surface area contributed by atoms with Crippen molar-refractivity contribution in [2.75, 3.05) is 13.1 Å². The van der Waals surface area contributed by atoms with Crippen molar-refractivity contribution in [1.29, 1.82) is 0 Å². The van der Waals surface area contributed by atoms with Crippen LogP contribution in [-0.4, -0.2) is 56.3 Å². The third kappa shape index (κ3) is 3.61. The molecule has 3 aliphatic rings. The highest BCUT2D eigenvalue weighted by atomic mass is 19.1. The SMILES string of the molecule is O=C(Cn1ccnc1)N1C[C@H]2C[C@@H](C1)[C@H](Cc1cccc(F)c1)N1C(=O)CCC[C@@H]21. The molecule has 1 aromatic heterocycles. The Kier molecular flexibility index (Phi) is 5.05. The van der Waals surface area contributed by atoms with Gasteiger partial charge in [0.05, 0.1) is 6.33 Å². The van der Waals surface area contributed by atoms with E-state index in [-0.39, 0.29) is 35.6 Å². The third-order valence-electron chi connectivity index (χ3n) is 7.06. The molecule has 1 aromatic carbocycles. The molecule has 2 aromatic rings. The van der Waals surface area contributed by atoms with Gasteiger partial charge in [-0.15, -0.1) is 0 Å². The Balaban J connectivity index is 1.40. The van der Waals surface area contributed by atoms with Crippen molar-refractivity contribution in [3.05, 3.63) is 54.4 Å². The van der Waals surface area contributed by atoms with Crippen molar-refractivity contribution in [3.8, 4) is 0 Å². The van der Waals surface area contributed by atoms with Gasteiger partial charge in [0, 0.05) is 44.0 Å². The molecule has 2 amide bonds. The van der Waals surface area contributed by atoms with Crippen LogP contribution in [0.15, 0.2) is 43.0 Å². The van der Waals surface area contributed by atoms with Crippen molar-refractivity contribution in [1.82, 2.24) is 19.4 Å². The summed E-state index contributed by atoms with van der Waals surface area (Å²) in [5.41, 5.74) is 0.914. The standard InChI is InChI=1S/C23H27FN4O2/c24-19-4-1-3-16(9-19)10-21-18-11-17(20-5-2-6-22(29)28(20)21)12-27(13-18)23(30)14-26-8-7-25-15-26/h1,3-4,7-9,15,17-18,20-21H,2,5-6,10-14H2/t17-,18+,20+,21+/m1/s1. The maximum Gasteiger partial charge on any atom is 0.242 e. The number of amides is 2. The minimum absolute atomic E-state index is 0.0182. The van der Waals surface area contributed by atoms with E-state index in [1.807, 2.05) is 11.0 Å². The Labute approximate surface area is 175 Å². The van der Waals surface area contributed by atoms with E-state index in [0.717, 1.165) is 24.8 Å². The molecule has 0 N–H and O–H groups in total. The second-order valence-corrected chi connectivity index (χ2v) is 8.95. The lowest BCUT2D eigenvalue weighted by atomic mass is 9.70. The number of likely N-dealkylation sites (tertiary alicyclic amines) is 1. The van der Waals surface area contributed by atoms with Gasteiger partial charge in [0.2, 0.25) is 11.8 Å². The summed E-state index contributed by atoms with van der Waals surface area (Å²) in [5, 5.41) is 0. The van der Waals surface area contributed by atoms with Gasteiger partial charge in [-0.1, -0.05) is 12.1 Å². The van der Waals surface area contributed by atoms with Gasteiger partial charge < -0.3 is 14.4 Å². The molecule has 0 saturated carbocycles. The van der Waals surface area contributed by atoms with E-state index < -0.39 is 0 Å². The first-order valence-electron chi connectivity index (χ1n) is 10.9. The number of aromatic nitrogens is 2. The van der Waals surface area contributed by atoms with Crippen LogP contribution < -0.4 is 0 Å². The topological polar surface area (TPSA) is 58.4 Å². The zero-order valence-electron chi connectivity index (χ0n) is 17.0. The molecule has 2 bridgehead atoms. The number of halogens is 1. The summed E-state index contributed by atoms with van der Waals surface area (Å²) in [6.07, 6.45) is 9.32. The first-order valence-corrected chi connectivity index (χ1v) is 10.9. The zero-order valence-corrected chi connectivity index (χ0v) is 17.0. The van der Waals surface area contributed by atoms with E-state index in [9.17, 15) is 14.0 Å². The number of imidazole rings is 1. The molecule has 30 heavy (non-hydrogen) atoms. The minimum Gasteiger partial charge on any atom is -0.340 e. The predicted molar refractivity (Wildman–Crippen MR) is 109 cm³/mol. The highest BCUT2D eigenvalue weighted by Crippen LogP contribution is 2.42. The first kappa shape index (κ1) is 19.3. The van der Waals surface area contributed by atoms with Crippen LogP contribution >= 0.6 is 0 Å². The number of benzene rings is 1. The summed E-state index contributed by atoms with van der Waals surface area (Å²) in [4.78, 5) is 34.0. The maximum absolute atomic E-state index is 13.8. The van der Waals surface area contributed by atoms with Crippen molar-refractivity contribution in [2.45, 2.75) is 50.7 Å². The highest BCUT2D eigenvalue weighted by Gasteiger charge is 2.49. The average molecular weight is 410 g/mol. The molecule has 3 saturated heterocycles. The largest absolute Gasteiger partial charge is 0.340 e. The number of piperidine rings is 3. The molecule has 3 aliphatic heterocycles. The van der Waals surface area contributed by atoms with E-state index in [1.54, 1.807) is 35.4 Å². The minimum atomic E-state index is -0.247. The number of hydrogen-bond acceptors (Lipinski definition) is 3. The van der Waals surface area contributed by atoms with E-state index in [2.05, 4.69) is 9.88 Å². The van der Waals surface area contributed by atoms with Crippen LogP contribution in [0.25, 0.3) is 0 Å². The van der Waals surface area contributed by atoms with Crippen LogP contribution in [0.5, 0.6) is 0 Å². The quantitative estimate of drug-likeness (QED) is 0.778. The van der Waals surface area contributed by atoms with Gasteiger partial charge >= 0.3 is 0 Å². The predicted octanol–water partition coefficient (Wildman–Crippen LogP) is 2.49. The third-order valence-corrected chi connectivity index (χ3v) is 7.06. The van der Waals surface area contributed by atoms with Crippen LogP contribution in [0.3, 0.4) is 0 Å². The van der Waals surface area contributed by atoms with E-state index in [0.29, 0.717) is 38.4 Å². The molecule has 6 nitrogen and oxygen atoms in total. The second-order valence-electron chi connectivity index (χ2n) is 8.95. The van der Waals surface area contributed by atoms with Crippen LogP contribution in [0, 0.1) is 17.7 Å². The molecule has 4 heterocycles. The number of rotatable bonds is 4. The van der Waals surface area contributed by atoms with Crippen LogP contribution in [-0.2, 0) is 22.6 Å². The Morgan fingerprint density at radius 2 is 2.10 bits per heavy atom. The first-order chi connectivity index (χ1) is 14.6. The molecule has 0 radical (unpaired) electrons. The van der Waals surface area contributed by atoms with Crippen LogP contribution in [0.4, 0.5) is 4.39 Å². The molecule has 0 aliphatic carbocycles. The Hall–Kier alpha value is -2.70. The fourth-order valence-electron chi connectivity index (χ4n) is 5.78. The molecule has 0 spiro atoms. The summed E-state index contributed by atoms with van der Waals surface area (Å²) in [6, 6.07) is 6.89. The number of nitrogens with zero attached hydrogens (tertiary/aromatic N) is 4. The molecule has 3 fully saturated rings. The number of hydrogen-bond donors (Lipinski definition) is 0. The lowest BCUT2D eigenvalue weighted by molar-refractivity contribution is -0.156. The number of carbonyl (C=O) groups is 2. The molecule has 0 unspecified atom stereocenters.